The predicted molar refractivity (Wildman–Crippen MR) is 78.2 cm³/mol. The van der Waals surface area contributed by atoms with Crippen molar-refractivity contribution in [1.82, 2.24) is 9.97 Å². The van der Waals surface area contributed by atoms with Crippen LogP contribution in [0.4, 0.5) is 0 Å². The maximum Gasteiger partial charge on any atom is 0.249 e. The molecular formula is C16H13N3O. The fourth-order valence-corrected chi connectivity index (χ4v) is 2.21. The number of nitrogens with zero attached hydrogens (tertiary/aromatic N) is 2. The Labute approximate surface area is 116 Å². The van der Waals surface area contributed by atoms with E-state index in [9.17, 15) is 4.79 Å². The van der Waals surface area contributed by atoms with Crippen LogP contribution in [0.15, 0.2) is 48.8 Å². The van der Waals surface area contributed by atoms with Gasteiger partial charge in [-0.1, -0.05) is 11.6 Å². The van der Waals surface area contributed by atoms with Crippen molar-refractivity contribution in [3.8, 4) is 11.3 Å². The van der Waals surface area contributed by atoms with E-state index in [-0.39, 0.29) is 0 Å². The quantitative estimate of drug-likeness (QED) is 0.772. The lowest BCUT2D eigenvalue weighted by Gasteiger charge is -2.08. The average molecular weight is 263 g/mol. The van der Waals surface area contributed by atoms with E-state index in [1.54, 1.807) is 18.5 Å². The fourth-order valence-electron chi connectivity index (χ4n) is 2.21. The van der Waals surface area contributed by atoms with Crippen LogP contribution in [-0.2, 0) is 0 Å². The molecule has 3 rings (SSSR count). The minimum absolute atomic E-state index is 0.446. The van der Waals surface area contributed by atoms with Crippen molar-refractivity contribution in [3.63, 3.8) is 0 Å². The van der Waals surface area contributed by atoms with Gasteiger partial charge in [-0.3, -0.25) is 9.78 Å². The van der Waals surface area contributed by atoms with Gasteiger partial charge in [0.15, 0.2) is 0 Å². The maximum absolute atomic E-state index is 11.7. The van der Waals surface area contributed by atoms with E-state index < -0.39 is 5.91 Å². The lowest BCUT2D eigenvalue weighted by molar-refractivity contribution is 0.100. The fraction of sp³-hybridized carbons (Fsp3) is 0.0625. The molecule has 0 atom stereocenters. The molecule has 0 aliphatic heterocycles. The van der Waals surface area contributed by atoms with Gasteiger partial charge in [-0.25, -0.2) is 4.98 Å². The second-order valence-electron chi connectivity index (χ2n) is 4.68. The van der Waals surface area contributed by atoms with Crippen molar-refractivity contribution in [2.75, 3.05) is 0 Å². The first-order valence-electron chi connectivity index (χ1n) is 6.27. The molecule has 20 heavy (non-hydrogen) atoms. The molecule has 4 nitrogen and oxygen atoms in total. The van der Waals surface area contributed by atoms with Gasteiger partial charge in [0.2, 0.25) is 5.91 Å². The minimum Gasteiger partial charge on any atom is -0.366 e. The molecule has 0 aliphatic rings. The van der Waals surface area contributed by atoms with Crippen LogP contribution < -0.4 is 5.73 Å². The van der Waals surface area contributed by atoms with Crippen LogP contribution in [0.2, 0.25) is 0 Å². The van der Waals surface area contributed by atoms with Crippen molar-refractivity contribution in [1.29, 1.82) is 0 Å². The predicted octanol–water partition coefficient (Wildman–Crippen LogP) is 2.70. The van der Waals surface area contributed by atoms with Gasteiger partial charge in [0.05, 0.1) is 16.8 Å². The third-order valence-corrected chi connectivity index (χ3v) is 3.21. The number of carbonyl (C=O) groups is 1. The van der Waals surface area contributed by atoms with E-state index in [0.29, 0.717) is 5.56 Å². The van der Waals surface area contributed by atoms with Crippen LogP contribution in [0.25, 0.3) is 22.2 Å². The van der Waals surface area contributed by atoms with Crippen molar-refractivity contribution in [2.45, 2.75) is 6.92 Å². The molecule has 0 radical (unpaired) electrons. The summed E-state index contributed by atoms with van der Waals surface area (Å²) < 4.78 is 0. The summed E-state index contributed by atoms with van der Waals surface area (Å²) in [6.45, 7) is 1.97. The maximum atomic E-state index is 11.7. The summed E-state index contributed by atoms with van der Waals surface area (Å²) in [5.74, 6) is -0.446. The van der Waals surface area contributed by atoms with E-state index in [1.807, 2.05) is 37.3 Å². The zero-order valence-electron chi connectivity index (χ0n) is 11.0. The van der Waals surface area contributed by atoms with Gasteiger partial charge in [0.25, 0.3) is 0 Å². The molecule has 98 valence electrons. The highest BCUT2D eigenvalue weighted by Gasteiger charge is 2.11. The molecule has 0 aliphatic carbocycles. The number of nitrogens with two attached hydrogens (primary N) is 1. The Kier molecular flexibility index (Phi) is 2.91. The molecular weight excluding hydrogens is 250 g/mol. The Morgan fingerprint density at radius 2 is 1.85 bits per heavy atom. The van der Waals surface area contributed by atoms with Crippen molar-refractivity contribution in [3.05, 3.63) is 59.9 Å². The Morgan fingerprint density at radius 3 is 2.55 bits per heavy atom. The number of aromatic nitrogens is 2. The highest BCUT2D eigenvalue weighted by Crippen LogP contribution is 2.25. The highest BCUT2D eigenvalue weighted by atomic mass is 16.1. The Hall–Kier alpha value is -2.75. The monoisotopic (exact) mass is 263 g/mol. The molecule has 1 aromatic carbocycles. The second kappa shape index (κ2) is 4.74. The molecule has 4 heteroatoms. The molecule has 0 saturated carbocycles. The van der Waals surface area contributed by atoms with Gasteiger partial charge in [-0.15, -0.1) is 0 Å². The number of fused-ring (bicyclic) bond motifs is 1. The lowest BCUT2D eigenvalue weighted by Crippen LogP contribution is -2.12. The summed E-state index contributed by atoms with van der Waals surface area (Å²) in [5, 5.41) is 0.787. The van der Waals surface area contributed by atoms with E-state index in [0.717, 1.165) is 27.7 Å². The van der Waals surface area contributed by atoms with E-state index >= 15 is 0 Å². The molecule has 0 fully saturated rings. The van der Waals surface area contributed by atoms with Crippen LogP contribution in [0.3, 0.4) is 0 Å². The van der Waals surface area contributed by atoms with E-state index in [1.165, 1.54) is 0 Å². The molecule has 0 spiro atoms. The second-order valence-corrected chi connectivity index (χ2v) is 4.68. The highest BCUT2D eigenvalue weighted by molar-refractivity contribution is 6.06. The van der Waals surface area contributed by atoms with Gasteiger partial charge >= 0.3 is 0 Å². The van der Waals surface area contributed by atoms with E-state index in [2.05, 4.69) is 9.97 Å². The smallest absolute Gasteiger partial charge is 0.249 e. The number of aryl methyl sites for hydroxylation is 1. The van der Waals surface area contributed by atoms with Crippen LogP contribution >= 0.6 is 0 Å². The number of rotatable bonds is 2. The van der Waals surface area contributed by atoms with Crippen LogP contribution in [-0.4, -0.2) is 15.9 Å². The molecule has 2 N–H and O–H groups in total. The Bertz CT molecular complexity index is 797. The number of hydrogen-bond donors (Lipinski definition) is 1. The van der Waals surface area contributed by atoms with Crippen molar-refractivity contribution >= 4 is 16.8 Å². The largest absolute Gasteiger partial charge is 0.366 e. The lowest BCUT2D eigenvalue weighted by atomic mass is 10.0. The molecule has 0 bridgehead atoms. The normalized spacial score (nSPS) is 10.7. The molecule has 3 aromatic rings. The number of hydrogen-bond acceptors (Lipinski definition) is 3. The molecule has 0 unspecified atom stereocenters. The van der Waals surface area contributed by atoms with Crippen LogP contribution in [0.5, 0.6) is 0 Å². The number of benzene rings is 1. The summed E-state index contributed by atoms with van der Waals surface area (Å²) in [6, 6.07) is 11.2. The molecule has 2 heterocycles. The standard InChI is InChI=1S/C16H13N3O/c1-10-2-3-14-12(8-10)13(16(17)20)9-15(19-14)11-4-6-18-7-5-11/h2-9H,1H3,(H2,17,20). The third-order valence-electron chi connectivity index (χ3n) is 3.21. The Balaban J connectivity index is 2.32. The third kappa shape index (κ3) is 2.12. The summed E-state index contributed by atoms with van der Waals surface area (Å²) in [6.07, 6.45) is 3.39. The topological polar surface area (TPSA) is 68.9 Å². The number of amides is 1. The number of carbonyl (C=O) groups excluding carboxylic acids is 1. The van der Waals surface area contributed by atoms with Gasteiger partial charge < -0.3 is 5.73 Å². The summed E-state index contributed by atoms with van der Waals surface area (Å²) in [7, 11) is 0. The van der Waals surface area contributed by atoms with E-state index in [4.69, 9.17) is 5.73 Å². The van der Waals surface area contributed by atoms with Gasteiger partial charge in [-0.05, 0) is 37.3 Å². The molecule has 0 saturated heterocycles. The summed E-state index contributed by atoms with van der Waals surface area (Å²) >= 11 is 0. The van der Waals surface area contributed by atoms with Gasteiger partial charge in [0.1, 0.15) is 0 Å². The Morgan fingerprint density at radius 1 is 1.10 bits per heavy atom. The van der Waals surface area contributed by atoms with Crippen LogP contribution in [0.1, 0.15) is 15.9 Å². The van der Waals surface area contributed by atoms with Gasteiger partial charge in [0, 0.05) is 23.3 Å². The summed E-state index contributed by atoms with van der Waals surface area (Å²) in [5.41, 5.74) is 9.45. The van der Waals surface area contributed by atoms with Crippen molar-refractivity contribution < 1.29 is 4.79 Å². The minimum atomic E-state index is -0.446. The first-order chi connectivity index (χ1) is 9.65. The number of primary amides is 1. The number of pyridine rings is 2. The first kappa shape index (κ1) is 12.3. The zero-order valence-corrected chi connectivity index (χ0v) is 11.0. The zero-order chi connectivity index (χ0) is 14.1. The molecule has 1 amide bonds. The summed E-state index contributed by atoms with van der Waals surface area (Å²) in [4.78, 5) is 20.3. The van der Waals surface area contributed by atoms with Crippen molar-refractivity contribution in [2.24, 2.45) is 5.73 Å². The molecule has 2 aromatic heterocycles. The van der Waals surface area contributed by atoms with Crippen LogP contribution in [0, 0.1) is 6.92 Å². The van der Waals surface area contributed by atoms with Gasteiger partial charge in [-0.2, -0.15) is 0 Å². The SMILES string of the molecule is Cc1ccc2nc(-c3ccncc3)cc(C(N)=O)c2c1. The first-order valence-corrected chi connectivity index (χ1v) is 6.27. The average Bonchev–Trinajstić information content (AvgIpc) is 2.47.